The van der Waals surface area contributed by atoms with Gasteiger partial charge in [-0.25, -0.2) is 0 Å². The summed E-state index contributed by atoms with van der Waals surface area (Å²) in [7, 11) is 1.48. The Balaban J connectivity index is 1.51. The molecule has 1 fully saturated rings. The average molecular weight is 599 g/mol. The molecule has 3 heterocycles. The Hall–Kier alpha value is -4.77. The number of ether oxygens (including phenoxy) is 1. The second-order valence-electron chi connectivity index (χ2n) is 10.4. The van der Waals surface area contributed by atoms with Gasteiger partial charge < -0.3 is 24.8 Å². The Morgan fingerprint density at radius 2 is 1.91 bits per heavy atom. The third-order valence-corrected chi connectivity index (χ3v) is 8.21. The van der Waals surface area contributed by atoms with Crippen molar-refractivity contribution >= 4 is 34.6 Å². The number of hydrogen-bond donors (Lipinski definition) is 2. The van der Waals surface area contributed by atoms with E-state index in [4.69, 9.17) is 17.0 Å². The number of nitro groups is 1. The van der Waals surface area contributed by atoms with Crippen LogP contribution < -0.4 is 15.4 Å². The highest BCUT2D eigenvalue weighted by atomic mass is 32.1. The number of pyridine rings is 1. The van der Waals surface area contributed by atoms with Gasteiger partial charge in [0, 0.05) is 36.2 Å². The van der Waals surface area contributed by atoms with E-state index in [9.17, 15) is 14.9 Å². The first-order valence-electron chi connectivity index (χ1n) is 14.1. The van der Waals surface area contributed by atoms with Crippen LogP contribution >= 0.6 is 12.2 Å². The number of nitro benzene ring substituents is 1. The minimum absolute atomic E-state index is 0.0602. The highest BCUT2D eigenvalue weighted by molar-refractivity contribution is 7.80. The van der Waals surface area contributed by atoms with Crippen molar-refractivity contribution in [2.75, 3.05) is 19.0 Å². The number of thiocarbonyl (C=S) groups is 1. The van der Waals surface area contributed by atoms with Gasteiger partial charge in [-0.2, -0.15) is 0 Å². The first-order chi connectivity index (χ1) is 20.7. The summed E-state index contributed by atoms with van der Waals surface area (Å²) in [6.45, 7) is 6.29. The zero-order chi connectivity index (χ0) is 30.7. The van der Waals surface area contributed by atoms with Gasteiger partial charge >= 0.3 is 0 Å². The molecule has 2 atom stereocenters. The number of aryl methyl sites for hydroxylation is 2. The molecule has 10 nitrogen and oxygen atoms in total. The maximum absolute atomic E-state index is 13.1. The molecule has 0 aliphatic carbocycles. The summed E-state index contributed by atoms with van der Waals surface area (Å²) in [6, 6.07) is 19.8. The minimum atomic E-state index is -0.402. The highest BCUT2D eigenvalue weighted by Gasteiger charge is 2.41. The molecule has 0 saturated carbocycles. The molecule has 43 heavy (non-hydrogen) atoms. The topological polar surface area (TPSA) is 115 Å². The van der Waals surface area contributed by atoms with Crippen molar-refractivity contribution in [3.8, 4) is 11.4 Å². The zero-order valence-electron chi connectivity index (χ0n) is 24.5. The molecule has 0 radical (unpaired) electrons. The van der Waals surface area contributed by atoms with Crippen LogP contribution in [0.5, 0.6) is 5.75 Å². The molecule has 1 saturated heterocycles. The standard InChI is InChI=1S/C32H34N6O4S/c1-5-22-10-6-7-11-25(22)34-29(39)15-17-36-31(30(35-32(36)43)26-12-8-9-16-33-26)24-18-20(2)37(21(24)3)27-14-13-23(42-4)19-28(27)38(40)41/h6-14,16,18-19,30-31H,5,15,17H2,1-4H3,(H,34,39)(H,35,43). The molecule has 2 N–H and O–H groups in total. The van der Waals surface area contributed by atoms with Crippen LogP contribution in [0.2, 0.25) is 0 Å². The molecule has 1 aliphatic heterocycles. The Labute approximate surface area is 255 Å². The predicted octanol–water partition coefficient (Wildman–Crippen LogP) is 5.97. The molecule has 0 spiro atoms. The summed E-state index contributed by atoms with van der Waals surface area (Å²) in [6.07, 6.45) is 2.77. The number of aromatic nitrogens is 2. The fourth-order valence-electron chi connectivity index (χ4n) is 5.79. The van der Waals surface area contributed by atoms with Crippen LogP contribution in [0.3, 0.4) is 0 Å². The Bertz CT molecular complexity index is 1670. The van der Waals surface area contributed by atoms with Crippen molar-refractivity contribution in [1.29, 1.82) is 0 Å². The van der Waals surface area contributed by atoms with Gasteiger partial charge in [0.15, 0.2) is 5.11 Å². The highest BCUT2D eigenvalue weighted by Crippen LogP contribution is 2.42. The van der Waals surface area contributed by atoms with E-state index in [1.165, 1.54) is 13.2 Å². The summed E-state index contributed by atoms with van der Waals surface area (Å²) in [5.74, 6) is 0.299. The van der Waals surface area contributed by atoms with E-state index in [1.807, 2.05) is 71.8 Å². The number of nitrogens with one attached hydrogen (secondary N) is 2. The number of hydrogen-bond acceptors (Lipinski definition) is 6. The average Bonchev–Trinajstić information content (AvgIpc) is 3.50. The lowest BCUT2D eigenvalue weighted by Gasteiger charge is -2.28. The van der Waals surface area contributed by atoms with Crippen molar-refractivity contribution in [2.24, 2.45) is 0 Å². The van der Waals surface area contributed by atoms with Gasteiger partial charge in [0.25, 0.3) is 5.69 Å². The van der Waals surface area contributed by atoms with E-state index < -0.39 is 4.92 Å². The molecular weight excluding hydrogens is 564 g/mol. The van der Waals surface area contributed by atoms with Gasteiger partial charge in [0.1, 0.15) is 11.4 Å². The van der Waals surface area contributed by atoms with Gasteiger partial charge in [-0.15, -0.1) is 0 Å². The fourth-order valence-corrected chi connectivity index (χ4v) is 6.13. The molecule has 5 rings (SSSR count). The third-order valence-electron chi connectivity index (χ3n) is 7.86. The number of methoxy groups -OCH3 is 1. The molecule has 2 unspecified atom stereocenters. The molecule has 2 aromatic carbocycles. The number of carbonyl (C=O) groups excluding carboxylic acids is 1. The number of para-hydroxylation sites is 1. The molecule has 0 bridgehead atoms. The minimum Gasteiger partial charge on any atom is -0.496 e. The predicted molar refractivity (Wildman–Crippen MR) is 170 cm³/mol. The number of amides is 1. The van der Waals surface area contributed by atoms with Gasteiger partial charge in [0.2, 0.25) is 5.91 Å². The summed E-state index contributed by atoms with van der Waals surface area (Å²) in [4.78, 5) is 31.4. The second-order valence-corrected chi connectivity index (χ2v) is 10.8. The normalized spacial score (nSPS) is 16.2. The van der Waals surface area contributed by atoms with Crippen molar-refractivity contribution in [3.05, 3.63) is 111 Å². The van der Waals surface area contributed by atoms with Crippen LogP contribution in [-0.2, 0) is 11.2 Å². The van der Waals surface area contributed by atoms with Crippen molar-refractivity contribution in [1.82, 2.24) is 19.8 Å². The quantitative estimate of drug-likeness (QED) is 0.130. The van der Waals surface area contributed by atoms with E-state index in [1.54, 1.807) is 18.3 Å². The van der Waals surface area contributed by atoms with Crippen LogP contribution in [0.15, 0.2) is 72.9 Å². The summed E-state index contributed by atoms with van der Waals surface area (Å²) < 4.78 is 7.13. The lowest BCUT2D eigenvalue weighted by atomic mass is 9.96. The van der Waals surface area contributed by atoms with Crippen molar-refractivity contribution in [2.45, 2.75) is 45.7 Å². The first-order valence-corrected chi connectivity index (χ1v) is 14.5. The monoisotopic (exact) mass is 598 g/mol. The Kier molecular flexibility index (Phi) is 8.72. The molecule has 11 heteroatoms. The van der Waals surface area contributed by atoms with Crippen LogP contribution in [-0.4, -0.2) is 44.0 Å². The summed E-state index contributed by atoms with van der Waals surface area (Å²) in [5, 5.41) is 19.1. The fraction of sp³-hybridized carbons (Fsp3) is 0.281. The van der Waals surface area contributed by atoms with Crippen LogP contribution in [0, 0.1) is 24.0 Å². The maximum atomic E-state index is 13.1. The second kappa shape index (κ2) is 12.6. The van der Waals surface area contributed by atoms with E-state index >= 15 is 0 Å². The molecule has 222 valence electrons. The van der Waals surface area contributed by atoms with Crippen LogP contribution in [0.4, 0.5) is 11.4 Å². The molecular formula is C32H34N6O4S. The smallest absolute Gasteiger partial charge is 0.296 e. The van der Waals surface area contributed by atoms with E-state index in [0.717, 1.165) is 40.3 Å². The van der Waals surface area contributed by atoms with Gasteiger partial charge in [-0.3, -0.25) is 19.9 Å². The Morgan fingerprint density at radius 3 is 2.60 bits per heavy atom. The van der Waals surface area contributed by atoms with Crippen LogP contribution in [0.1, 0.15) is 53.6 Å². The summed E-state index contributed by atoms with van der Waals surface area (Å²) in [5.41, 5.74) is 5.65. The van der Waals surface area contributed by atoms with E-state index in [0.29, 0.717) is 23.1 Å². The third kappa shape index (κ3) is 5.94. The van der Waals surface area contributed by atoms with Gasteiger partial charge in [-0.05, 0) is 80.0 Å². The van der Waals surface area contributed by atoms with Crippen LogP contribution in [0.25, 0.3) is 5.69 Å². The summed E-state index contributed by atoms with van der Waals surface area (Å²) >= 11 is 5.82. The molecule has 2 aromatic heterocycles. The lowest BCUT2D eigenvalue weighted by Crippen LogP contribution is -2.33. The molecule has 1 amide bonds. The number of carbonyl (C=O) groups is 1. The van der Waals surface area contributed by atoms with E-state index in [-0.39, 0.29) is 30.1 Å². The zero-order valence-corrected chi connectivity index (χ0v) is 25.4. The largest absolute Gasteiger partial charge is 0.496 e. The van der Waals surface area contributed by atoms with Crippen molar-refractivity contribution in [3.63, 3.8) is 0 Å². The molecule has 1 aliphatic rings. The van der Waals surface area contributed by atoms with Gasteiger partial charge in [-0.1, -0.05) is 31.2 Å². The lowest BCUT2D eigenvalue weighted by molar-refractivity contribution is -0.384. The maximum Gasteiger partial charge on any atom is 0.296 e. The number of rotatable bonds is 10. The first kappa shape index (κ1) is 29.7. The number of anilines is 1. The Morgan fingerprint density at radius 1 is 1.14 bits per heavy atom. The number of nitrogens with zero attached hydrogens (tertiary/aromatic N) is 4. The molecule has 4 aromatic rings. The van der Waals surface area contributed by atoms with Gasteiger partial charge in [0.05, 0.1) is 35.9 Å². The van der Waals surface area contributed by atoms with E-state index in [2.05, 4.69) is 22.5 Å². The SMILES string of the molecule is CCc1ccccc1NC(=O)CCN1C(=S)NC(c2ccccn2)C1c1cc(C)n(-c2ccc(OC)cc2[N+](=O)[O-])c1C. The number of benzene rings is 2. The van der Waals surface area contributed by atoms with Crippen molar-refractivity contribution < 1.29 is 14.5 Å².